The van der Waals surface area contributed by atoms with E-state index in [1.807, 2.05) is 24.0 Å². The summed E-state index contributed by atoms with van der Waals surface area (Å²) in [6.45, 7) is 7.90. The molecule has 0 bridgehead atoms. The number of carbonyl (C=O) groups is 1. The minimum Gasteiger partial charge on any atom is -0.338 e. The number of thiophene rings is 1. The van der Waals surface area contributed by atoms with Crippen LogP contribution in [-0.4, -0.2) is 30.4 Å². The average Bonchev–Trinajstić information content (AvgIpc) is 2.90. The average molecular weight is 329 g/mol. The van der Waals surface area contributed by atoms with Gasteiger partial charge in [-0.2, -0.15) is 0 Å². The molecule has 0 radical (unpaired) electrons. The molecule has 0 aliphatic carbocycles. The number of piperidine rings is 1. The van der Waals surface area contributed by atoms with Crippen LogP contribution in [0.2, 0.25) is 4.34 Å². The Morgan fingerprint density at radius 2 is 2.19 bits per heavy atom. The summed E-state index contributed by atoms with van der Waals surface area (Å²) in [6.07, 6.45) is 3.06. The molecule has 0 saturated carbocycles. The van der Waals surface area contributed by atoms with Crippen molar-refractivity contribution in [3.63, 3.8) is 0 Å². The second-order valence-corrected chi connectivity index (χ2v) is 7.68. The predicted molar refractivity (Wildman–Crippen MR) is 89.8 cm³/mol. The number of carbonyl (C=O) groups excluding carboxylic acids is 1. The maximum Gasteiger partial charge on any atom is 0.223 e. The van der Waals surface area contributed by atoms with Crippen LogP contribution in [0.25, 0.3) is 0 Å². The third-order valence-corrected chi connectivity index (χ3v) is 5.61. The molecule has 5 heteroatoms. The monoisotopic (exact) mass is 328 g/mol. The van der Waals surface area contributed by atoms with Crippen molar-refractivity contribution in [2.75, 3.05) is 19.6 Å². The molecule has 1 N–H and O–H groups in total. The molecule has 2 heterocycles. The molecule has 1 unspecified atom stereocenters. The van der Waals surface area contributed by atoms with Crippen LogP contribution in [0.3, 0.4) is 0 Å². The van der Waals surface area contributed by atoms with Crippen LogP contribution in [0.15, 0.2) is 12.1 Å². The van der Waals surface area contributed by atoms with Crippen LogP contribution in [-0.2, 0) is 11.3 Å². The van der Waals surface area contributed by atoms with Gasteiger partial charge in [0.1, 0.15) is 0 Å². The second kappa shape index (κ2) is 8.16. The van der Waals surface area contributed by atoms with E-state index in [-0.39, 0.29) is 5.91 Å². The Morgan fingerprint density at radius 1 is 1.48 bits per heavy atom. The second-order valence-electron chi connectivity index (χ2n) is 5.88. The third-order valence-electron chi connectivity index (χ3n) is 4.40. The van der Waals surface area contributed by atoms with Crippen molar-refractivity contribution in [3.05, 3.63) is 21.3 Å². The zero-order valence-electron chi connectivity index (χ0n) is 12.9. The zero-order chi connectivity index (χ0) is 15.2. The van der Waals surface area contributed by atoms with Crippen molar-refractivity contribution in [2.24, 2.45) is 11.8 Å². The first kappa shape index (κ1) is 16.8. The van der Waals surface area contributed by atoms with E-state index in [0.29, 0.717) is 24.8 Å². The molecule has 1 aliphatic heterocycles. The number of amides is 1. The third kappa shape index (κ3) is 4.97. The molecule has 0 aromatic carbocycles. The van der Waals surface area contributed by atoms with Gasteiger partial charge < -0.3 is 10.2 Å². The highest BCUT2D eigenvalue weighted by atomic mass is 35.5. The van der Waals surface area contributed by atoms with Crippen molar-refractivity contribution in [2.45, 2.75) is 39.7 Å². The Bertz CT molecular complexity index is 457. The molecule has 1 saturated heterocycles. The number of rotatable bonds is 6. The summed E-state index contributed by atoms with van der Waals surface area (Å²) in [5.41, 5.74) is 0. The molecular weight excluding hydrogens is 304 g/mol. The molecule has 2 rings (SSSR count). The summed E-state index contributed by atoms with van der Waals surface area (Å²) in [5.74, 6) is 1.43. The Labute approximate surface area is 136 Å². The fraction of sp³-hybridized carbons (Fsp3) is 0.688. The van der Waals surface area contributed by atoms with E-state index in [2.05, 4.69) is 12.2 Å². The molecule has 118 valence electrons. The summed E-state index contributed by atoms with van der Waals surface area (Å²) >= 11 is 7.52. The Hall–Kier alpha value is -0.580. The van der Waals surface area contributed by atoms with Gasteiger partial charge in [0.25, 0.3) is 0 Å². The number of halogens is 1. The predicted octanol–water partition coefficient (Wildman–Crippen LogP) is 3.78. The summed E-state index contributed by atoms with van der Waals surface area (Å²) in [6, 6.07) is 3.91. The first-order valence-electron chi connectivity index (χ1n) is 7.82. The van der Waals surface area contributed by atoms with Crippen molar-refractivity contribution in [1.82, 2.24) is 10.2 Å². The van der Waals surface area contributed by atoms with Crippen LogP contribution in [0.5, 0.6) is 0 Å². The fourth-order valence-corrected chi connectivity index (χ4v) is 4.09. The number of nitrogens with zero attached hydrogens (tertiary/aromatic N) is 1. The Kier molecular flexibility index (Phi) is 6.52. The van der Waals surface area contributed by atoms with Gasteiger partial charge in [0.2, 0.25) is 5.91 Å². The first-order valence-corrected chi connectivity index (χ1v) is 9.02. The van der Waals surface area contributed by atoms with Gasteiger partial charge in [-0.25, -0.2) is 0 Å². The van der Waals surface area contributed by atoms with Crippen molar-refractivity contribution < 1.29 is 4.79 Å². The highest BCUT2D eigenvalue weighted by molar-refractivity contribution is 7.16. The molecule has 1 aromatic heterocycles. The van der Waals surface area contributed by atoms with Crippen LogP contribution in [0, 0.1) is 11.8 Å². The maximum absolute atomic E-state index is 12.5. The number of nitrogens with one attached hydrogen (secondary N) is 1. The number of hydrogen-bond acceptors (Lipinski definition) is 3. The quantitative estimate of drug-likeness (QED) is 0.862. The van der Waals surface area contributed by atoms with E-state index in [0.717, 1.165) is 28.8 Å². The highest BCUT2D eigenvalue weighted by Gasteiger charge is 2.24. The van der Waals surface area contributed by atoms with Gasteiger partial charge in [0, 0.05) is 17.8 Å². The summed E-state index contributed by atoms with van der Waals surface area (Å²) in [5, 5.41) is 3.39. The molecule has 1 atom stereocenters. The lowest BCUT2D eigenvalue weighted by molar-refractivity contribution is -0.133. The van der Waals surface area contributed by atoms with E-state index in [1.54, 1.807) is 11.3 Å². The van der Waals surface area contributed by atoms with E-state index >= 15 is 0 Å². The minimum atomic E-state index is 0.271. The summed E-state index contributed by atoms with van der Waals surface area (Å²) in [4.78, 5) is 15.6. The highest BCUT2D eigenvalue weighted by Crippen LogP contribution is 2.26. The van der Waals surface area contributed by atoms with Gasteiger partial charge in [-0.15, -0.1) is 11.3 Å². The Morgan fingerprint density at radius 3 is 2.76 bits per heavy atom. The molecule has 1 aliphatic rings. The van der Waals surface area contributed by atoms with E-state index in [1.165, 1.54) is 12.8 Å². The van der Waals surface area contributed by atoms with Gasteiger partial charge in [0.15, 0.2) is 0 Å². The van der Waals surface area contributed by atoms with Crippen LogP contribution in [0.1, 0.15) is 38.0 Å². The van der Waals surface area contributed by atoms with Crippen LogP contribution < -0.4 is 5.32 Å². The smallest absolute Gasteiger partial charge is 0.223 e. The topological polar surface area (TPSA) is 32.3 Å². The molecule has 1 amide bonds. The van der Waals surface area contributed by atoms with Crippen molar-refractivity contribution >= 4 is 28.8 Å². The molecule has 21 heavy (non-hydrogen) atoms. The normalized spacial score (nSPS) is 17.7. The fourth-order valence-electron chi connectivity index (χ4n) is 2.99. The first-order chi connectivity index (χ1) is 10.1. The maximum atomic E-state index is 12.5. The van der Waals surface area contributed by atoms with E-state index < -0.39 is 0 Å². The van der Waals surface area contributed by atoms with Gasteiger partial charge in [-0.3, -0.25) is 4.79 Å². The number of hydrogen-bond donors (Lipinski definition) is 1. The molecule has 3 nitrogen and oxygen atoms in total. The summed E-state index contributed by atoms with van der Waals surface area (Å²) in [7, 11) is 0. The lowest BCUT2D eigenvalue weighted by Gasteiger charge is -2.29. The van der Waals surface area contributed by atoms with Crippen molar-refractivity contribution in [3.8, 4) is 0 Å². The van der Waals surface area contributed by atoms with Gasteiger partial charge in [0.05, 0.1) is 10.9 Å². The largest absolute Gasteiger partial charge is 0.338 e. The zero-order valence-corrected chi connectivity index (χ0v) is 14.5. The lowest BCUT2D eigenvalue weighted by Crippen LogP contribution is -2.35. The van der Waals surface area contributed by atoms with Crippen LogP contribution >= 0.6 is 22.9 Å². The van der Waals surface area contributed by atoms with Gasteiger partial charge in [-0.05, 0) is 56.8 Å². The van der Waals surface area contributed by atoms with Gasteiger partial charge >= 0.3 is 0 Å². The standard InChI is InChI=1S/C16H25ClN2OS/c1-3-19(11-14-4-5-15(17)21-14)16(20)10-12(2)13-6-8-18-9-7-13/h4-5,12-13,18H,3,6-11H2,1-2H3. The van der Waals surface area contributed by atoms with E-state index in [9.17, 15) is 4.79 Å². The molecule has 1 aromatic rings. The molecule has 0 spiro atoms. The van der Waals surface area contributed by atoms with E-state index in [4.69, 9.17) is 11.6 Å². The van der Waals surface area contributed by atoms with Gasteiger partial charge in [-0.1, -0.05) is 18.5 Å². The Balaban J connectivity index is 1.87. The molecule has 1 fully saturated rings. The van der Waals surface area contributed by atoms with Crippen LogP contribution in [0.4, 0.5) is 0 Å². The molecular formula is C16H25ClN2OS. The van der Waals surface area contributed by atoms with Crippen molar-refractivity contribution in [1.29, 1.82) is 0 Å². The summed E-state index contributed by atoms with van der Waals surface area (Å²) < 4.78 is 0.788. The lowest BCUT2D eigenvalue weighted by atomic mass is 9.84. The minimum absolute atomic E-state index is 0.271. The SMILES string of the molecule is CCN(Cc1ccc(Cl)s1)C(=O)CC(C)C1CCNCC1.